The number of hydrogen-bond acceptors (Lipinski definition) is 4. The predicted molar refractivity (Wildman–Crippen MR) is 131 cm³/mol. The molecule has 0 aliphatic heterocycles. The van der Waals surface area contributed by atoms with Crippen molar-refractivity contribution in [2.45, 2.75) is 43.1 Å². The van der Waals surface area contributed by atoms with Crippen molar-refractivity contribution < 1.29 is 19.4 Å². The second kappa shape index (κ2) is 9.99. The largest absolute Gasteiger partial charge is 0.481 e. The molecule has 4 rings (SSSR count). The number of thioether (sulfide) groups is 1. The molecule has 32 heavy (non-hydrogen) atoms. The number of halogens is 1. The number of benzene rings is 3. The first kappa shape index (κ1) is 22.7. The topological polar surface area (TPSA) is 70.7 Å². The Labute approximate surface area is 196 Å². The second-order valence-electron chi connectivity index (χ2n) is 7.93. The number of hydrogen-bond donors (Lipinski definition) is 2. The number of rotatable bonds is 9. The molecule has 0 saturated heterocycles. The normalized spacial score (nSPS) is 13.5. The maximum Gasteiger partial charge on any atom is 0.307 e. The van der Waals surface area contributed by atoms with Gasteiger partial charge >= 0.3 is 5.97 Å². The van der Waals surface area contributed by atoms with Crippen LogP contribution < -0.4 is 0 Å². The third-order valence-electron chi connectivity index (χ3n) is 5.66. The number of aliphatic carboxylic acids is 1. The van der Waals surface area contributed by atoms with Gasteiger partial charge in [-0.15, -0.1) is 11.8 Å². The Morgan fingerprint density at radius 3 is 2.62 bits per heavy atom. The van der Waals surface area contributed by atoms with Gasteiger partial charge in [-0.1, -0.05) is 61.3 Å². The maximum absolute atomic E-state index is 11.2. The predicted octanol–water partition coefficient (Wildman–Crippen LogP) is 6.90. The van der Waals surface area contributed by atoms with Crippen molar-refractivity contribution in [3.63, 3.8) is 0 Å². The van der Waals surface area contributed by atoms with E-state index in [9.17, 15) is 9.90 Å². The van der Waals surface area contributed by atoms with Gasteiger partial charge in [0.1, 0.15) is 11.2 Å². The summed E-state index contributed by atoms with van der Waals surface area (Å²) in [5, 5.41) is 22.8. The van der Waals surface area contributed by atoms with Crippen LogP contribution in [0.3, 0.4) is 0 Å². The van der Waals surface area contributed by atoms with E-state index < -0.39 is 12.1 Å². The molecule has 0 saturated carbocycles. The summed E-state index contributed by atoms with van der Waals surface area (Å²) in [6.45, 7) is 2.12. The molecule has 0 bridgehead atoms. The van der Waals surface area contributed by atoms with Crippen molar-refractivity contribution in [2.24, 2.45) is 0 Å². The van der Waals surface area contributed by atoms with E-state index in [4.69, 9.17) is 21.1 Å². The summed E-state index contributed by atoms with van der Waals surface area (Å²) in [6.07, 6.45) is 1.16. The first-order valence-corrected chi connectivity index (χ1v) is 12.1. The zero-order valence-corrected chi connectivity index (χ0v) is 19.3. The summed E-state index contributed by atoms with van der Waals surface area (Å²) in [5.41, 5.74) is 3.45. The van der Waals surface area contributed by atoms with E-state index in [2.05, 4.69) is 19.1 Å². The molecule has 2 atom stereocenters. The van der Waals surface area contributed by atoms with E-state index >= 15 is 0 Å². The summed E-state index contributed by atoms with van der Waals surface area (Å²) in [6, 6.07) is 19.3. The zero-order chi connectivity index (χ0) is 22.7. The first-order valence-electron chi connectivity index (χ1n) is 10.7. The zero-order valence-electron chi connectivity index (χ0n) is 17.8. The number of furan rings is 1. The van der Waals surface area contributed by atoms with E-state index in [-0.39, 0.29) is 12.3 Å². The fraction of sp³-hybridized carbons (Fsp3) is 0.269. The molecule has 3 aromatic carbocycles. The van der Waals surface area contributed by atoms with Crippen molar-refractivity contribution in [3.8, 4) is 0 Å². The van der Waals surface area contributed by atoms with E-state index in [1.165, 1.54) is 11.8 Å². The number of carbonyl (C=O) groups is 1. The van der Waals surface area contributed by atoms with E-state index in [0.29, 0.717) is 16.3 Å². The third-order valence-corrected chi connectivity index (χ3v) is 7.26. The number of carboxylic acids is 1. The lowest BCUT2D eigenvalue weighted by molar-refractivity contribution is -0.136. The Hall–Kier alpha value is -2.47. The standard InChI is InChI=1S/C26H25ClO4S/c1-2-6-17(18-8-5-10-23-26(18)19-7-3-4-9-22(19)31-23)21(28)15-32-24-12-11-16(13-20(24)27)14-25(29)30/h3-5,7-13,17,21,28H,2,6,14-15H2,1H3,(H,29,30). The monoisotopic (exact) mass is 468 g/mol. The molecule has 2 N–H and O–H groups in total. The van der Waals surface area contributed by atoms with Crippen LogP contribution in [0.25, 0.3) is 21.9 Å². The minimum Gasteiger partial charge on any atom is -0.481 e. The number of carboxylic acid groups (broad SMARTS) is 1. The summed E-state index contributed by atoms with van der Waals surface area (Å²) in [7, 11) is 0. The Balaban J connectivity index is 1.59. The van der Waals surface area contributed by atoms with Crippen molar-refractivity contribution >= 4 is 51.3 Å². The van der Waals surface area contributed by atoms with Crippen molar-refractivity contribution in [3.05, 3.63) is 76.8 Å². The number of para-hydroxylation sites is 1. The molecule has 0 spiro atoms. The number of fused-ring (bicyclic) bond motifs is 3. The number of aliphatic hydroxyl groups is 1. The van der Waals surface area contributed by atoms with Crippen LogP contribution in [0.1, 0.15) is 36.8 Å². The molecular weight excluding hydrogens is 444 g/mol. The lowest BCUT2D eigenvalue weighted by atomic mass is 9.87. The summed E-state index contributed by atoms with van der Waals surface area (Å²) >= 11 is 7.86. The van der Waals surface area contributed by atoms with E-state index in [1.54, 1.807) is 12.1 Å². The third kappa shape index (κ3) is 4.80. The first-order chi connectivity index (χ1) is 15.5. The average molecular weight is 469 g/mol. The van der Waals surface area contributed by atoms with Gasteiger partial charge in [-0.3, -0.25) is 4.79 Å². The van der Waals surface area contributed by atoms with Gasteiger partial charge in [0.05, 0.1) is 17.5 Å². The van der Waals surface area contributed by atoms with Crippen molar-refractivity contribution in [2.75, 3.05) is 5.75 Å². The molecule has 0 fully saturated rings. The van der Waals surface area contributed by atoms with Crippen LogP contribution in [-0.2, 0) is 11.2 Å². The minimum absolute atomic E-state index is 0.0396. The Morgan fingerprint density at radius 2 is 1.88 bits per heavy atom. The van der Waals surface area contributed by atoms with Gasteiger partial charge < -0.3 is 14.6 Å². The highest BCUT2D eigenvalue weighted by Crippen LogP contribution is 2.39. The smallest absolute Gasteiger partial charge is 0.307 e. The highest BCUT2D eigenvalue weighted by Gasteiger charge is 2.25. The molecule has 1 heterocycles. The molecule has 1 aromatic heterocycles. The van der Waals surface area contributed by atoms with Crippen LogP contribution in [-0.4, -0.2) is 28.0 Å². The van der Waals surface area contributed by atoms with E-state index in [1.807, 2.05) is 36.4 Å². The molecular formula is C26H25ClO4S. The van der Waals surface area contributed by atoms with Gasteiger partial charge in [0, 0.05) is 27.3 Å². The van der Waals surface area contributed by atoms with Gasteiger partial charge in [-0.25, -0.2) is 0 Å². The van der Waals surface area contributed by atoms with Gasteiger partial charge in [0.2, 0.25) is 0 Å². The second-order valence-corrected chi connectivity index (χ2v) is 9.40. The van der Waals surface area contributed by atoms with E-state index in [0.717, 1.165) is 45.2 Å². The van der Waals surface area contributed by atoms with Crippen molar-refractivity contribution in [1.82, 2.24) is 0 Å². The quantitative estimate of drug-likeness (QED) is 0.261. The van der Waals surface area contributed by atoms with Gasteiger partial charge in [-0.05, 0) is 41.8 Å². The average Bonchev–Trinajstić information content (AvgIpc) is 3.15. The van der Waals surface area contributed by atoms with Gasteiger partial charge in [0.25, 0.3) is 0 Å². The highest BCUT2D eigenvalue weighted by atomic mass is 35.5. The molecule has 4 aromatic rings. The SMILES string of the molecule is CCCC(c1cccc2oc3ccccc3c12)C(O)CSc1ccc(CC(=O)O)cc1Cl. The molecule has 6 heteroatoms. The lowest BCUT2D eigenvalue weighted by Gasteiger charge is -2.24. The summed E-state index contributed by atoms with van der Waals surface area (Å²) in [5.74, 6) is -0.447. The van der Waals surface area contributed by atoms with Crippen LogP contribution in [0.4, 0.5) is 0 Å². The van der Waals surface area contributed by atoms with Crippen LogP contribution in [0.2, 0.25) is 5.02 Å². The summed E-state index contributed by atoms with van der Waals surface area (Å²) < 4.78 is 6.04. The van der Waals surface area contributed by atoms with Crippen LogP contribution >= 0.6 is 23.4 Å². The molecule has 0 amide bonds. The highest BCUT2D eigenvalue weighted by molar-refractivity contribution is 7.99. The van der Waals surface area contributed by atoms with Gasteiger partial charge in [-0.2, -0.15) is 0 Å². The van der Waals surface area contributed by atoms with Crippen LogP contribution in [0.15, 0.2) is 70.0 Å². The lowest BCUT2D eigenvalue weighted by Crippen LogP contribution is -2.21. The van der Waals surface area contributed by atoms with Gasteiger partial charge in [0.15, 0.2) is 0 Å². The fourth-order valence-electron chi connectivity index (χ4n) is 4.21. The summed E-state index contributed by atoms with van der Waals surface area (Å²) in [4.78, 5) is 11.8. The van der Waals surface area contributed by atoms with Crippen LogP contribution in [0.5, 0.6) is 0 Å². The molecule has 2 unspecified atom stereocenters. The van der Waals surface area contributed by atoms with Crippen LogP contribution in [0, 0.1) is 0 Å². The molecule has 0 aliphatic rings. The minimum atomic E-state index is -0.889. The molecule has 4 nitrogen and oxygen atoms in total. The molecule has 0 radical (unpaired) electrons. The molecule has 166 valence electrons. The Morgan fingerprint density at radius 1 is 1.09 bits per heavy atom. The Bertz CT molecular complexity index is 1250. The maximum atomic E-state index is 11.2. The number of aliphatic hydroxyl groups excluding tert-OH is 1. The fourth-order valence-corrected chi connectivity index (χ4v) is 5.52. The Kier molecular flexibility index (Phi) is 7.09. The van der Waals surface area contributed by atoms with Crippen molar-refractivity contribution in [1.29, 1.82) is 0 Å². The molecule has 0 aliphatic carbocycles.